The van der Waals surface area contributed by atoms with Crippen molar-refractivity contribution >= 4 is 41.2 Å². The van der Waals surface area contributed by atoms with Gasteiger partial charge in [0.1, 0.15) is 6.29 Å². The largest absolute Gasteiger partial charge is 0.326 e. The summed E-state index contributed by atoms with van der Waals surface area (Å²) in [4.78, 5) is 16.1. The average Bonchev–Trinajstić information content (AvgIpc) is 3.02. The smallest absolute Gasteiger partial charge is 0.150 e. The highest BCUT2D eigenvalue weighted by atomic mass is 32.2. The molecule has 1 aromatic rings. The lowest BCUT2D eigenvalue weighted by Crippen LogP contribution is -1.91. The summed E-state index contributed by atoms with van der Waals surface area (Å²) in [6.45, 7) is 2.11. The van der Waals surface area contributed by atoms with Crippen LogP contribution in [0.2, 0.25) is 0 Å². The fourth-order valence-corrected chi connectivity index (χ4v) is 3.07. The zero-order valence-electron chi connectivity index (χ0n) is 11.2. The maximum Gasteiger partial charge on any atom is 0.150 e. The van der Waals surface area contributed by atoms with Gasteiger partial charge in [0.05, 0.1) is 16.1 Å². The van der Waals surface area contributed by atoms with Crippen molar-refractivity contribution in [2.45, 2.75) is 13.3 Å². The summed E-state index contributed by atoms with van der Waals surface area (Å²) in [5.74, 6) is 0.919. The molecule has 0 radical (unpaired) electrons. The molecule has 104 valence electrons. The van der Waals surface area contributed by atoms with Gasteiger partial charge in [0, 0.05) is 17.0 Å². The molecule has 1 N–H and O–H groups in total. The molecule has 0 atom stereocenters. The zero-order chi connectivity index (χ0) is 14.2. The van der Waals surface area contributed by atoms with Gasteiger partial charge in [-0.25, -0.2) is 0 Å². The van der Waals surface area contributed by atoms with E-state index in [0.717, 1.165) is 34.7 Å². The second kappa shape index (κ2) is 7.97. The predicted molar refractivity (Wildman–Crippen MR) is 90.5 cm³/mol. The van der Waals surface area contributed by atoms with E-state index >= 15 is 0 Å². The number of anilines is 1. The third-order valence-electron chi connectivity index (χ3n) is 2.62. The fourth-order valence-electron chi connectivity index (χ4n) is 1.55. The zero-order valence-corrected chi connectivity index (χ0v) is 12.8. The van der Waals surface area contributed by atoms with Crippen LogP contribution in [0.5, 0.6) is 0 Å². The molecule has 0 aliphatic carbocycles. The first kappa shape index (κ1) is 14.9. The Morgan fingerprint density at radius 3 is 2.85 bits per heavy atom. The summed E-state index contributed by atoms with van der Waals surface area (Å²) in [5, 5.41) is 0. The van der Waals surface area contributed by atoms with Gasteiger partial charge in [-0.2, -0.15) is 0 Å². The number of thioether (sulfide) groups is 1. The number of benzene rings is 1. The number of nitrogens with zero attached hydrogens (tertiary/aromatic N) is 1. The van der Waals surface area contributed by atoms with Crippen LogP contribution in [0.15, 0.2) is 52.0 Å². The van der Waals surface area contributed by atoms with Gasteiger partial charge >= 0.3 is 0 Å². The summed E-state index contributed by atoms with van der Waals surface area (Å²) in [6, 6.07) is 7.40. The molecule has 0 bridgehead atoms. The van der Waals surface area contributed by atoms with Gasteiger partial charge in [-0.05, 0) is 48.7 Å². The molecule has 0 amide bonds. The molecule has 1 aromatic carbocycles. The van der Waals surface area contributed by atoms with E-state index in [4.69, 9.17) is 0 Å². The van der Waals surface area contributed by atoms with Crippen LogP contribution in [-0.2, 0) is 0 Å². The van der Waals surface area contributed by atoms with Crippen molar-refractivity contribution in [3.8, 4) is 0 Å². The molecule has 5 heteroatoms. The minimum absolute atomic E-state index is 0.682. The Labute approximate surface area is 127 Å². The maximum atomic E-state index is 10.6. The predicted octanol–water partition coefficient (Wildman–Crippen LogP) is 4.51. The van der Waals surface area contributed by atoms with Crippen molar-refractivity contribution < 1.29 is 4.79 Å². The molecular formula is C15H16N2OS2. The summed E-state index contributed by atoms with van der Waals surface area (Å²) in [6.07, 6.45) is 6.09. The van der Waals surface area contributed by atoms with Crippen molar-refractivity contribution in [1.29, 1.82) is 0 Å². The molecule has 0 aromatic heterocycles. The van der Waals surface area contributed by atoms with Crippen molar-refractivity contribution in [2.24, 2.45) is 4.99 Å². The molecule has 0 saturated carbocycles. The van der Waals surface area contributed by atoms with E-state index in [1.54, 1.807) is 35.8 Å². The molecule has 0 unspecified atom stereocenters. The van der Waals surface area contributed by atoms with Gasteiger partial charge in [-0.3, -0.25) is 9.79 Å². The van der Waals surface area contributed by atoms with Gasteiger partial charge in [0.2, 0.25) is 0 Å². The second-order valence-corrected chi connectivity index (χ2v) is 5.79. The van der Waals surface area contributed by atoms with E-state index < -0.39 is 0 Å². The average molecular weight is 304 g/mol. The number of aldehydes is 1. The SMILES string of the molecule is CC/C=C\C(SNc1ccc(C=O)cc1)=C1/CSC=N1. The summed E-state index contributed by atoms with van der Waals surface area (Å²) in [5.41, 5.74) is 4.64. The Morgan fingerprint density at radius 1 is 1.45 bits per heavy atom. The highest BCUT2D eigenvalue weighted by Gasteiger charge is 2.08. The van der Waals surface area contributed by atoms with E-state index in [-0.39, 0.29) is 0 Å². The summed E-state index contributed by atoms with van der Waals surface area (Å²) in [7, 11) is 0. The molecule has 0 fully saturated rings. The van der Waals surface area contributed by atoms with Crippen LogP contribution in [0.25, 0.3) is 0 Å². The first-order valence-corrected chi connectivity index (χ1v) is 8.22. The molecule has 1 aliphatic heterocycles. The van der Waals surface area contributed by atoms with Crippen LogP contribution in [0.1, 0.15) is 23.7 Å². The molecule has 1 heterocycles. The number of hydrogen-bond acceptors (Lipinski definition) is 5. The normalized spacial score (nSPS) is 16.6. The van der Waals surface area contributed by atoms with Crippen LogP contribution in [0, 0.1) is 0 Å². The maximum absolute atomic E-state index is 10.6. The lowest BCUT2D eigenvalue weighted by Gasteiger charge is -2.08. The van der Waals surface area contributed by atoms with Crippen LogP contribution in [0.3, 0.4) is 0 Å². The Kier molecular flexibility index (Phi) is 5.95. The Balaban J connectivity index is 2.04. The number of aliphatic imine (C=N–C) groups is 1. The van der Waals surface area contributed by atoms with Crippen molar-refractivity contribution in [2.75, 3.05) is 10.5 Å². The summed E-state index contributed by atoms with van der Waals surface area (Å²) < 4.78 is 3.29. The Hall–Kier alpha value is -1.46. The van der Waals surface area contributed by atoms with Gasteiger partial charge in [0.25, 0.3) is 0 Å². The number of allylic oxidation sites excluding steroid dienone is 2. The second-order valence-electron chi connectivity index (χ2n) is 4.11. The number of nitrogens with one attached hydrogen (secondary N) is 1. The lowest BCUT2D eigenvalue weighted by molar-refractivity contribution is 0.112. The summed E-state index contributed by atoms with van der Waals surface area (Å²) >= 11 is 3.26. The molecular weight excluding hydrogens is 288 g/mol. The van der Waals surface area contributed by atoms with Crippen molar-refractivity contribution in [3.63, 3.8) is 0 Å². The minimum atomic E-state index is 0.682. The minimum Gasteiger partial charge on any atom is -0.326 e. The Bertz CT molecular complexity index is 547. The molecule has 2 rings (SSSR count). The first-order valence-electron chi connectivity index (χ1n) is 6.35. The van der Waals surface area contributed by atoms with Gasteiger partial charge < -0.3 is 4.72 Å². The van der Waals surface area contributed by atoms with E-state index in [1.165, 1.54) is 0 Å². The topological polar surface area (TPSA) is 41.5 Å². The number of carbonyl (C=O) groups excluding carboxylic acids is 1. The molecule has 3 nitrogen and oxygen atoms in total. The number of hydrogen-bond donors (Lipinski definition) is 1. The van der Waals surface area contributed by atoms with Gasteiger partial charge in [-0.15, -0.1) is 11.8 Å². The van der Waals surface area contributed by atoms with Crippen LogP contribution in [0.4, 0.5) is 5.69 Å². The lowest BCUT2D eigenvalue weighted by atomic mass is 10.2. The van der Waals surface area contributed by atoms with Gasteiger partial charge in [-0.1, -0.05) is 13.0 Å². The third kappa shape index (κ3) is 4.28. The fraction of sp³-hybridized carbons (Fsp3) is 0.200. The molecule has 1 aliphatic rings. The monoisotopic (exact) mass is 304 g/mol. The molecule has 20 heavy (non-hydrogen) atoms. The van der Waals surface area contributed by atoms with Crippen LogP contribution < -0.4 is 4.72 Å². The van der Waals surface area contributed by atoms with Crippen molar-refractivity contribution in [3.05, 3.63) is 52.6 Å². The highest BCUT2D eigenvalue weighted by Crippen LogP contribution is 2.28. The van der Waals surface area contributed by atoms with E-state index in [9.17, 15) is 4.79 Å². The van der Waals surface area contributed by atoms with Crippen LogP contribution in [-0.4, -0.2) is 17.6 Å². The van der Waals surface area contributed by atoms with Crippen molar-refractivity contribution in [1.82, 2.24) is 0 Å². The standard InChI is InChI=1S/C15H16N2OS2/c1-2-3-4-15(14-10-19-11-16-14)20-17-13-7-5-12(9-18)6-8-13/h3-9,11,17H,2,10H2,1H3/b4-3-,15-14-. The number of rotatable bonds is 6. The third-order valence-corrected chi connectivity index (χ3v) is 4.24. The molecule has 0 spiro atoms. The number of carbonyl (C=O) groups is 1. The molecule has 0 saturated heterocycles. The highest BCUT2D eigenvalue weighted by molar-refractivity contribution is 8.12. The van der Waals surface area contributed by atoms with E-state index in [2.05, 4.69) is 28.8 Å². The van der Waals surface area contributed by atoms with E-state index in [1.807, 2.05) is 17.7 Å². The Morgan fingerprint density at radius 2 is 2.25 bits per heavy atom. The van der Waals surface area contributed by atoms with Gasteiger partial charge in [0.15, 0.2) is 0 Å². The van der Waals surface area contributed by atoms with E-state index in [0.29, 0.717) is 5.56 Å². The van der Waals surface area contributed by atoms with Crippen LogP contribution >= 0.6 is 23.7 Å². The first-order chi connectivity index (χ1) is 9.83. The quantitative estimate of drug-likeness (QED) is 0.620.